The Morgan fingerprint density at radius 1 is 1.10 bits per heavy atom. The minimum Gasteiger partial charge on any atom is -0.493 e. The number of nitrogen functional groups attached to an aromatic ring is 1. The first-order valence-electron chi connectivity index (χ1n) is 12.4. The second-order valence-corrected chi connectivity index (χ2v) is 8.49. The van der Waals surface area contributed by atoms with Gasteiger partial charge >= 0.3 is 11.9 Å². The predicted octanol–water partition coefficient (Wildman–Crippen LogP) is 2.56. The Balaban J connectivity index is 1.73. The Kier molecular flexibility index (Phi) is 10.0. The molecule has 0 bridgehead atoms. The SMILES string of the molecule is C#CCN(Cc1ccc2nc(N)nc(O)c2c1)c1ccc(C(=O)N[C@@H](CCC(=O)OCC)C(=O)OCC)cc1. The lowest BCUT2D eigenvalue weighted by molar-refractivity contribution is -0.146. The lowest BCUT2D eigenvalue weighted by Gasteiger charge is -2.23. The summed E-state index contributed by atoms with van der Waals surface area (Å²) in [6.45, 7) is 4.41. The minimum absolute atomic E-state index is 0.0154. The van der Waals surface area contributed by atoms with Gasteiger partial charge in [0.2, 0.25) is 11.8 Å². The quantitative estimate of drug-likeness (QED) is 0.233. The van der Waals surface area contributed by atoms with Gasteiger partial charge in [-0.05, 0) is 62.2 Å². The van der Waals surface area contributed by atoms with Crippen molar-refractivity contribution in [2.24, 2.45) is 0 Å². The van der Waals surface area contributed by atoms with Gasteiger partial charge in [0.1, 0.15) is 6.04 Å². The van der Waals surface area contributed by atoms with Gasteiger partial charge in [-0.1, -0.05) is 12.0 Å². The molecule has 1 amide bonds. The number of rotatable bonds is 12. The van der Waals surface area contributed by atoms with E-state index in [4.69, 9.17) is 21.6 Å². The second kappa shape index (κ2) is 13.6. The van der Waals surface area contributed by atoms with Crippen molar-refractivity contribution < 1.29 is 29.0 Å². The molecular formula is C28H31N5O6. The monoisotopic (exact) mass is 533 g/mol. The maximum absolute atomic E-state index is 12.9. The van der Waals surface area contributed by atoms with Gasteiger partial charge in [-0.25, -0.2) is 9.78 Å². The lowest BCUT2D eigenvalue weighted by Crippen LogP contribution is -2.42. The first-order valence-corrected chi connectivity index (χ1v) is 12.4. The highest BCUT2D eigenvalue weighted by Crippen LogP contribution is 2.25. The van der Waals surface area contributed by atoms with Crippen LogP contribution in [0.25, 0.3) is 10.9 Å². The van der Waals surface area contributed by atoms with Crippen LogP contribution in [0.4, 0.5) is 11.6 Å². The molecular weight excluding hydrogens is 502 g/mol. The first kappa shape index (κ1) is 28.7. The molecule has 1 atom stereocenters. The summed E-state index contributed by atoms with van der Waals surface area (Å²) in [7, 11) is 0. The van der Waals surface area contributed by atoms with E-state index in [1.807, 2.05) is 11.0 Å². The van der Waals surface area contributed by atoms with Gasteiger partial charge in [-0.3, -0.25) is 9.59 Å². The number of amides is 1. The zero-order valence-corrected chi connectivity index (χ0v) is 21.8. The Morgan fingerprint density at radius 3 is 2.49 bits per heavy atom. The predicted molar refractivity (Wildman–Crippen MR) is 146 cm³/mol. The zero-order valence-electron chi connectivity index (χ0n) is 21.8. The Labute approximate surface area is 226 Å². The number of hydrogen-bond acceptors (Lipinski definition) is 10. The second-order valence-electron chi connectivity index (χ2n) is 8.49. The maximum Gasteiger partial charge on any atom is 0.328 e. The Hall–Kier alpha value is -4.85. The van der Waals surface area contributed by atoms with E-state index in [0.717, 1.165) is 11.3 Å². The number of benzene rings is 2. The van der Waals surface area contributed by atoms with Crippen molar-refractivity contribution in [3.8, 4) is 18.2 Å². The number of hydrogen-bond donors (Lipinski definition) is 3. The standard InChI is InChI=1S/C28H31N5O6/c1-4-15-33(17-18-7-12-22-21(16-18)26(36)32-28(29)31-22)20-10-8-19(9-11-20)25(35)30-23(27(37)39-6-3)13-14-24(34)38-5-2/h1,7-12,16,23H,5-6,13-15,17H2,2-3H3,(H,30,35)(H3,29,31,32,36)/t23-/m0/s1. The van der Waals surface area contributed by atoms with Crippen LogP contribution in [0.15, 0.2) is 42.5 Å². The number of nitrogens with two attached hydrogens (primary N) is 1. The molecule has 11 nitrogen and oxygen atoms in total. The van der Waals surface area contributed by atoms with E-state index in [1.165, 1.54) is 0 Å². The number of ether oxygens (including phenoxy) is 2. The number of nitrogens with one attached hydrogen (secondary N) is 1. The number of aromatic nitrogens is 2. The van der Waals surface area contributed by atoms with E-state index < -0.39 is 23.9 Å². The van der Waals surface area contributed by atoms with Crippen molar-refractivity contribution in [2.75, 3.05) is 30.4 Å². The number of terminal acetylenes is 1. The maximum atomic E-state index is 12.9. The molecule has 0 aliphatic heterocycles. The average Bonchev–Trinajstić information content (AvgIpc) is 2.91. The molecule has 39 heavy (non-hydrogen) atoms. The molecule has 4 N–H and O–H groups in total. The Bertz CT molecular complexity index is 1370. The van der Waals surface area contributed by atoms with Crippen LogP contribution in [0.3, 0.4) is 0 Å². The third-order valence-corrected chi connectivity index (χ3v) is 5.73. The summed E-state index contributed by atoms with van der Waals surface area (Å²) in [4.78, 5) is 46.8. The molecule has 0 radical (unpaired) electrons. The highest BCUT2D eigenvalue weighted by Gasteiger charge is 2.24. The molecule has 1 aromatic heterocycles. The summed E-state index contributed by atoms with van der Waals surface area (Å²) < 4.78 is 9.95. The molecule has 0 aliphatic rings. The molecule has 0 saturated heterocycles. The largest absolute Gasteiger partial charge is 0.493 e. The molecule has 3 rings (SSSR count). The van der Waals surface area contributed by atoms with Gasteiger partial charge in [-0.2, -0.15) is 4.98 Å². The summed E-state index contributed by atoms with van der Waals surface area (Å²) in [6, 6.07) is 11.1. The number of anilines is 2. The molecule has 0 unspecified atom stereocenters. The molecule has 0 spiro atoms. The zero-order chi connectivity index (χ0) is 28.4. The summed E-state index contributed by atoms with van der Waals surface area (Å²) >= 11 is 0. The topological polar surface area (TPSA) is 157 Å². The van der Waals surface area contributed by atoms with Crippen LogP contribution >= 0.6 is 0 Å². The van der Waals surface area contributed by atoms with E-state index in [9.17, 15) is 19.5 Å². The fourth-order valence-corrected chi connectivity index (χ4v) is 3.90. The summed E-state index contributed by atoms with van der Waals surface area (Å²) in [5, 5.41) is 13.3. The van der Waals surface area contributed by atoms with Gasteiger partial charge in [0.05, 0.1) is 30.7 Å². The molecule has 0 saturated carbocycles. The summed E-state index contributed by atoms with van der Waals surface area (Å²) in [5.41, 5.74) is 8.04. The molecule has 204 valence electrons. The van der Waals surface area contributed by atoms with Crippen LogP contribution in [0, 0.1) is 12.3 Å². The van der Waals surface area contributed by atoms with Gasteiger partial charge in [-0.15, -0.1) is 6.42 Å². The van der Waals surface area contributed by atoms with Gasteiger partial charge in [0.15, 0.2) is 0 Å². The lowest BCUT2D eigenvalue weighted by atomic mass is 10.1. The van der Waals surface area contributed by atoms with Crippen LogP contribution in [0.1, 0.15) is 42.6 Å². The van der Waals surface area contributed by atoms with E-state index in [-0.39, 0.29) is 44.4 Å². The van der Waals surface area contributed by atoms with Crippen molar-refractivity contribution in [3.05, 3.63) is 53.6 Å². The van der Waals surface area contributed by atoms with Crippen molar-refractivity contribution in [1.82, 2.24) is 15.3 Å². The van der Waals surface area contributed by atoms with E-state index in [0.29, 0.717) is 23.0 Å². The number of aromatic hydroxyl groups is 1. The highest BCUT2D eigenvalue weighted by atomic mass is 16.5. The molecule has 2 aromatic carbocycles. The number of fused-ring (bicyclic) bond motifs is 1. The number of carbonyl (C=O) groups excluding carboxylic acids is 3. The molecule has 3 aromatic rings. The van der Waals surface area contributed by atoms with Crippen molar-refractivity contribution >= 4 is 40.4 Å². The summed E-state index contributed by atoms with van der Waals surface area (Å²) in [5.74, 6) is 0.833. The van der Waals surface area contributed by atoms with Crippen LogP contribution in [0.5, 0.6) is 5.88 Å². The van der Waals surface area contributed by atoms with Crippen molar-refractivity contribution in [2.45, 2.75) is 39.3 Å². The normalized spacial score (nSPS) is 11.3. The van der Waals surface area contributed by atoms with E-state index in [1.54, 1.807) is 50.2 Å². The first-order chi connectivity index (χ1) is 18.7. The molecule has 0 aliphatic carbocycles. The third-order valence-electron chi connectivity index (χ3n) is 5.73. The smallest absolute Gasteiger partial charge is 0.328 e. The minimum atomic E-state index is -0.997. The van der Waals surface area contributed by atoms with Crippen LogP contribution in [0.2, 0.25) is 0 Å². The fourth-order valence-electron chi connectivity index (χ4n) is 3.90. The van der Waals surface area contributed by atoms with Gasteiger partial charge in [0.25, 0.3) is 5.91 Å². The number of carbonyl (C=O) groups is 3. The third kappa shape index (κ3) is 7.82. The van der Waals surface area contributed by atoms with Crippen molar-refractivity contribution in [1.29, 1.82) is 0 Å². The van der Waals surface area contributed by atoms with Crippen LogP contribution in [-0.2, 0) is 25.6 Å². The van der Waals surface area contributed by atoms with E-state index in [2.05, 4.69) is 21.2 Å². The van der Waals surface area contributed by atoms with Gasteiger partial charge in [0, 0.05) is 24.2 Å². The molecule has 11 heteroatoms. The van der Waals surface area contributed by atoms with Crippen LogP contribution in [-0.4, -0.2) is 58.7 Å². The molecule has 1 heterocycles. The number of esters is 2. The van der Waals surface area contributed by atoms with Gasteiger partial charge < -0.3 is 30.5 Å². The summed E-state index contributed by atoms with van der Waals surface area (Å²) in [6.07, 6.45) is 5.61. The van der Waals surface area contributed by atoms with Crippen LogP contribution < -0.4 is 16.0 Å². The fraction of sp³-hybridized carbons (Fsp3) is 0.321. The number of nitrogens with zero attached hydrogens (tertiary/aromatic N) is 3. The highest BCUT2D eigenvalue weighted by molar-refractivity contribution is 5.97. The average molecular weight is 534 g/mol. The molecule has 0 fully saturated rings. The van der Waals surface area contributed by atoms with Crippen molar-refractivity contribution in [3.63, 3.8) is 0 Å². The Morgan fingerprint density at radius 2 is 1.82 bits per heavy atom. The van der Waals surface area contributed by atoms with E-state index >= 15 is 0 Å².